The number of hydrogen-bond acceptors (Lipinski definition) is 6. The van der Waals surface area contributed by atoms with Gasteiger partial charge < -0.3 is 14.2 Å². The van der Waals surface area contributed by atoms with Gasteiger partial charge in [0.25, 0.3) is 0 Å². The Morgan fingerprint density at radius 3 is 0.845 bits per heavy atom. The van der Waals surface area contributed by atoms with E-state index in [2.05, 4.69) is 27.7 Å². The highest BCUT2D eigenvalue weighted by Gasteiger charge is 2.19. The van der Waals surface area contributed by atoms with Crippen molar-refractivity contribution in [1.82, 2.24) is 0 Å². The van der Waals surface area contributed by atoms with Crippen LogP contribution in [0.1, 0.15) is 291 Å². The molecule has 0 fully saturated rings. The Balaban J connectivity index is 4.28. The van der Waals surface area contributed by atoms with E-state index in [0.717, 1.165) is 63.7 Å². The van der Waals surface area contributed by atoms with E-state index >= 15 is 0 Å². The standard InChI is InChI=1S/C52H100O6/c1-5-7-9-11-13-15-17-18-21-25-29-33-37-41-45-52(55)58-49(46-56-50(53)43-39-35-31-27-16-14-12-10-8-6-2)47-57-51(54)44-40-36-32-28-24-22-19-20-23-26-30-34-38-42-48(3)4/h48-49H,5-47H2,1-4H3/t49-/m0/s1. The maximum Gasteiger partial charge on any atom is 0.306 e. The third-order valence-corrected chi connectivity index (χ3v) is 11.8. The molecule has 0 aromatic carbocycles. The molecule has 0 N–H and O–H groups in total. The number of ether oxygens (including phenoxy) is 3. The molecule has 0 aliphatic rings. The molecule has 6 heteroatoms. The number of carbonyl (C=O) groups is 3. The van der Waals surface area contributed by atoms with Crippen LogP contribution < -0.4 is 0 Å². The van der Waals surface area contributed by atoms with Gasteiger partial charge in [-0.05, 0) is 25.2 Å². The minimum Gasteiger partial charge on any atom is -0.462 e. The molecule has 0 aromatic rings. The first kappa shape index (κ1) is 56.4. The lowest BCUT2D eigenvalue weighted by atomic mass is 10.0. The van der Waals surface area contributed by atoms with Crippen molar-refractivity contribution in [3.05, 3.63) is 0 Å². The molecule has 6 nitrogen and oxygen atoms in total. The summed E-state index contributed by atoms with van der Waals surface area (Å²) >= 11 is 0. The van der Waals surface area contributed by atoms with Crippen LogP contribution in [-0.2, 0) is 28.6 Å². The van der Waals surface area contributed by atoms with Crippen LogP contribution in [0.15, 0.2) is 0 Å². The Kier molecular flexibility index (Phi) is 45.2. The van der Waals surface area contributed by atoms with Gasteiger partial charge in [-0.1, -0.05) is 252 Å². The van der Waals surface area contributed by atoms with Crippen molar-refractivity contribution in [3.63, 3.8) is 0 Å². The van der Waals surface area contributed by atoms with Crippen molar-refractivity contribution in [2.45, 2.75) is 297 Å². The summed E-state index contributed by atoms with van der Waals surface area (Å²) in [6, 6.07) is 0. The summed E-state index contributed by atoms with van der Waals surface area (Å²) in [6.07, 6.45) is 48.0. The molecule has 58 heavy (non-hydrogen) atoms. The van der Waals surface area contributed by atoms with Crippen LogP contribution in [-0.4, -0.2) is 37.2 Å². The summed E-state index contributed by atoms with van der Waals surface area (Å²) in [4.78, 5) is 37.9. The van der Waals surface area contributed by atoms with Crippen LogP contribution in [0.4, 0.5) is 0 Å². The lowest BCUT2D eigenvalue weighted by Gasteiger charge is -2.18. The largest absolute Gasteiger partial charge is 0.462 e. The van der Waals surface area contributed by atoms with Crippen LogP contribution >= 0.6 is 0 Å². The van der Waals surface area contributed by atoms with Crippen LogP contribution in [0.2, 0.25) is 0 Å². The molecule has 0 rings (SSSR count). The smallest absolute Gasteiger partial charge is 0.306 e. The van der Waals surface area contributed by atoms with Crippen LogP contribution in [0.25, 0.3) is 0 Å². The van der Waals surface area contributed by atoms with Crippen molar-refractivity contribution in [2.75, 3.05) is 13.2 Å². The summed E-state index contributed by atoms with van der Waals surface area (Å²) in [5.41, 5.74) is 0. The SMILES string of the molecule is CCCCCCCCCCCCCCCCC(=O)O[C@@H](COC(=O)CCCCCCCCCCCC)COC(=O)CCCCCCCCCCCCCCCC(C)C. The molecule has 0 unspecified atom stereocenters. The van der Waals surface area contributed by atoms with Crippen molar-refractivity contribution >= 4 is 17.9 Å². The fourth-order valence-electron chi connectivity index (χ4n) is 7.86. The van der Waals surface area contributed by atoms with Gasteiger partial charge in [-0.25, -0.2) is 0 Å². The van der Waals surface area contributed by atoms with E-state index in [1.807, 2.05) is 0 Å². The first-order valence-electron chi connectivity index (χ1n) is 25.9. The minimum atomic E-state index is -0.760. The van der Waals surface area contributed by atoms with Gasteiger partial charge in [0.05, 0.1) is 0 Å². The van der Waals surface area contributed by atoms with E-state index in [0.29, 0.717) is 19.3 Å². The molecule has 0 saturated heterocycles. The zero-order valence-electron chi connectivity index (χ0n) is 39.5. The quantitative estimate of drug-likeness (QED) is 0.0346. The van der Waals surface area contributed by atoms with Crippen LogP contribution in [0.5, 0.6) is 0 Å². The highest BCUT2D eigenvalue weighted by molar-refractivity contribution is 5.71. The van der Waals surface area contributed by atoms with E-state index < -0.39 is 6.10 Å². The normalized spacial score (nSPS) is 11.9. The van der Waals surface area contributed by atoms with Gasteiger partial charge in [0.2, 0.25) is 0 Å². The lowest BCUT2D eigenvalue weighted by Crippen LogP contribution is -2.30. The topological polar surface area (TPSA) is 78.9 Å². The molecule has 0 bridgehead atoms. The Labute approximate surface area is 361 Å². The molecule has 0 amide bonds. The summed E-state index contributed by atoms with van der Waals surface area (Å²) in [5.74, 6) is -0.00532. The lowest BCUT2D eigenvalue weighted by molar-refractivity contribution is -0.167. The number of rotatable bonds is 47. The Hall–Kier alpha value is -1.59. The second-order valence-corrected chi connectivity index (χ2v) is 18.3. The molecule has 0 saturated carbocycles. The number of esters is 3. The van der Waals surface area contributed by atoms with E-state index in [4.69, 9.17) is 14.2 Å². The van der Waals surface area contributed by atoms with Crippen molar-refractivity contribution in [3.8, 4) is 0 Å². The second kappa shape index (κ2) is 46.5. The molecule has 344 valence electrons. The zero-order valence-corrected chi connectivity index (χ0v) is 39.5. The van der Waals surface area contributed by atoms with Gasteiger partial charge in [0.1, 0.15) is 13.2 Å². The molecule has 0 aliphatic heterocycles. The van der Waals surface area contributed by atoms with Crippen LogP contribution in [0, 0.1) is 5.92 Å². The third-order valence-electron chi connectivity index (χ3n) is 11.8. The van der Waals surface area contributed by atoms with Crippen molar-refractivity contribution in [1.29, 1.82) is 0 Å². The molecular formula is C52H100O6. The molecular weight excluding hydrogens is 721 g/mol. The van der Waals surface area contributed by atoms with E-state index in [1.54, 1.807) is 0 Å². The summed E-state index contributed by atoms with van der Waals surface area (Å²) in [5, 5.41) is 0. The summed E-state index contributed by atoms with van der Waals surface area (Å²) in [7, 11) is 0. The number of hydrogen-bond donors (Lipinski definition) is 0. The highest BCUT2D eigenvalue weighted by atomic mass is 16.6. The van der Waals surface area contributed by atoms with E-state index in [1.165, 1.54) is 186 Å². The van der Waals surface area contributed by atoms with Crippen molar-refractivity contribution < 1.29 is 28.6 Å². The average molecular weight is 821 g/mol. The fourth-order valence-corrected chi connectivity index (χ4v) is 7.86. The first-order valence-corrected chi connectivity index (χ1v) is 25.9. The van der Waals surface area contributed by atoms with Gasteiger partial charge in [-0.3, -0.25) is 14.4 Å². The predicted octanol–water partition coefficient (Wildman–Crippen LogP) is 16.7. The molecule has 0 aromatic heterocycles. The number of carbonyl (C=O) groups excluding carboxylic acids is 3. The highest BCUT2D eigenvalue weighted by Crippen LogP contribution is 2.17. The predicted molar refractivity (Wildman–Crippen MR) is 247 cm³/mol. The van der Waals surface area contributed by atoms with Gasteiger partial charge in [-0.15, -0.1) is 0 Å². The summed E-state index contributed by atoms with van der Waals surface area (Å²) < 4.78 is 16.8. The maximum absolute atomic E-state index is 12.8. The third kappa shape index (κ3) is 45.5. The molecule has 0 aliphatic carbocycles. The van der Waals surface area contributed by atoms with Crippen LogP contribution in [0.3, 0.4) is 0 Å². The molecule has 0 heterocycles. The fraction of sp³-hybridized carbons (Fsp3) is 0.942. The van der Waals surface area contributed by atoms with Gasteiger partial charge in [-0.2, -0.15) is 0 Å². The van der Waals surface area contributed by atoms with Gasteiger partial charge in [0, 0.05) is 19.3 Å². The Morgan fingerprint density at radius 1 is 0.328 bits per heavy atom. The zero-order chi connectivity index (χ0) is 42.4. The van der Waals surface area contributed by atoms with Crippen molar-refractivity contribution in [2.24, 2.45) is 5.92 Å². The average Bonchev–Trinajstić information content (AvgIpc) is 3.21. The Bertz CT molecular complexity index is 872. The monoisotopic (exact) mass is 821 g/mol. The minimum absolute atomic E-state index is 0.0627. The second-order valence-electron chi connectivity index (χ2n) is 18.3. The summed E-state index contributed by atoms with van der Waals surface area (Å²) in [6.45, 7) is 9.02. The maximum atomic E-state index is 12.8. The van der Waals surface area contributed by atoms with Gasteiger partial charge >= 0.3 is 17.9 Å². The van der Waals surface area contributed by atoms with E-state index in [9.17, 15) is 14.4 Å². The molecule has 1 atom stereocenters. The van der Waals surface area contributed by atoms with E-state index in [-0.39, 0.29) is 31.1 Å². The number of unbranched alkanes of at least 4 members (excludes halogenated alkanes) is 34. The molecule has 0 radical (unpaired) electrons. The Morgan fingerprint density at radius 2 is 0.569 bits per heavy atom. The molecule has 0 spiro atoms. The van der Waals surface area contributed by atoms with Gasteiger partial charge in [0.15, 0.2) is 6.10 Å². The first-order chi connectivity index (χ1) is 28.4.